The minimum absolute atomic E-state index is 0.0814. The van der Waals surface area contributed by atoms with Gasteiger partial charge in [0.05, 0.1) is 11.8 Å². The summed E-state index contributed by atoms with van der Waals surface area (Å²) < 4.78 is 1.74. The number of nitrogens with zero attached hydrogens (tertiary/aromatic N) is 3. The molecule has 100 valence electrons. The summed E-state index contributed by atoms with van der Waals surface area (Å²) in [7, 11) is 1.86. The first kappa shape index (κ1) is 13.1. The van der Waals surface area contributed by atoms with Crippen LogP contribution in [0.3, 0.4) is 0 Å². The minimum Gasteiger partial charge on any atom is -0.334 e. The molecule has 1 aromatic rings. The number of amides is 1. The van der Waals surface area contributed by atoms with Gasteiger partial charge in [-0.05, 0) is 19.8 Å². The van der Waals surface area contributed by atoms with Crippen LogP contribution in [0, 0.1) is 6.92 Å². The predicted octanol–water partition coefficient (Wildman–Crippen LogP) is 1.07. The number of carbonyl (C=O) groups is 1. The molecule has 0 atom stereocenters. The molecule has 1 amide bonds. The molecule has 2 rings (SSSR count). The van der Waals surface area contributed by atoms with Gasteiger partial charge in [-0.25, -0.2) is 0 Å². The van der Waals surface area contributed by atoms with Crippen LogP contribution in [-0.4, -0.2) is 39.7 Å². The monoisotopic (exact) mass is 250 g/mol. The van der Waals surface area contributed by atoms with E-state index in [0.29, 0.717) is 24.7 Å². The van der Waals surface area contributed by atoms with Crippen LogP contribution >= 0.6 is 0 Å². The lowest BCUT2D eigenvalue weighted by atomic mass is 10.1. The maximum atomic E-state index is 12.6. The second kappa shape index (κ2) is 5.52. The third-order valence-corrected chi connectivity index (χ3v) is 3.86. The number of aryl methyl sites for hydroxylation is 1. The van der Waals surface area contributed by atoms with Crippen molar-refractivity contribution in [1.29, 1.82) is 0 Å². The van der Waals surface area contributed by atoms with E-state index in [-0.39, 0.29) is 5.91 Å². The number of aromatic nitrogens is 2. The van der Waals surface area contributed by atoms with Crippen molar-refractivity contribution >= 4 is 5.91 Å². The number of hydrogen-bond acceptors (Lipinski definition) is 3. The Balaban J connectivity index is 2.19. The summed E-state index contributed by atoms with van der Waals surface area (Å²) in [5.41, 5.74) is 7.26. The van der Waals surface area contributed by atoms with E-state index in [0.717, 1.165) is 18.5 Å². The van der Waals surface area contributed by atoms with Crippen molar-refractivity contribution < 1.29 is 4.79 Å². The lowest BCUT2D eigenvalue weighted by Gasteiger charge is -2.28. The van der Waals surface area contributed by atoms with Crippen LogP contribution in [0.5, 0.6) is 0 Å². The van der Waals surface area contributed by atoms with E-state index < -0.39 is 0 Å². The maximum absolute atomic E-state index is 12.6. The fourth-order valence-corrected chi connectivity index (χ4v) is 2.67. The Morgan fingerprint density at radius 1 is 1.56 bits per heavy atom. The molecule has 1 saturated carbocycles. The van der Waals surface area contributed by atoms with Crippen LogP contribution < -0.4 is 5.73 Å². The number of rotatable bonds is 4. The molecule has 5 heteroatoms. The largest absolute Gasteiger partial charge is 0.334 e. The molecule has 1 aliphatic rings. The highest BCUT2D eigenvalue weighted by Gasteiger charge is 2.28. The highest BCUT2D eigenvalue weighted by atomic mass is 16.2. The zero-order valence-electron chi connectivity index (χ0n) is 11.2. The Hall–Kier alpha value is -1.36. The normalized spacial score (nSPS) is 16.2. The van der Waals surface area contributed by atoms with Gasteiger partial charge in [0.2, 0.25) is 0 Å². The van der Waals surface area contributed by atoms with E-state index >= 15 is 0 Å². The van der Waals surface area contributed by atoms with Crippen molar-refractivity contribution in [2.24, 2.45) is 12.8 Å². The van der Waals surface area contributed by atoms with Gasteiger partial charge in [0.15, 0.2) is 0 Å². The van der Waals surface area contributed by atoms with Crippen molar-refractivity contribution in [3.63, 3.8) is 0 Å². The van der Waals surface area contributed by atoms with Crippen molar-refractivity contribution in [1.82, 2.24) is 14.7 Å². The van der Waals surface area contributed by atoms with Gasteiger partial charge < -0.3 is 10.6 Å². The van der Waals surface area contributed by atoms with Crippen molar-refractivity contribution in [2.75, 3.05) is 13.1 Å². The van der Waals surface area contributed by atoms with Gasteiger partial charge in [-0.2, -0.15) is 5.10 Å². The summed E-state index contributed by atoms with van der Waals surface area (Å²) in [6, 6.07) is 0.362. The number of carbonyl (C=O) groups excluding carboxylic acids is 1. The molecule has 0 unspecified atom stereocenters. The van der Waals surface area contributed by atoms with E-state index in [9.17, 15) is 4.79 Å². The standard InChI is InChI=1S/C13H22N4O/c1-10-12(9-15-16(10)2)13(18)17(8-7-14)11-5-3-4-6-11/h9,11H,3-8,14H2,1-2H3. The number of hydrogen-bond donors (Lipinski definition) is 1. The third-order valence-electron chi connectivity index (χ3n) is 3.86. The quantitative estimate of drug-likeness (QED) is 0.869. The fraction of sp³-hybridized carbons (Fsp3) is 0.692. The first-order valence-electron chi connectivity index (χ1n) is 6.64. The highest BCUT2D eigenvalue weighted by Crippen LogP contribution is 2.25. The lowest BCUT2D eigenvalue weighted by Crippen LogP contribution is -2.42. The summed E-state index contributed by atoms with van der Waals surface area (Å²) in [5, 5.41) is 4.14. The van der Waals surface area contributed by atoms with Crippen LogP contribution in [0.25, 0.3) is 0 Å². The second-order valence-corrected chi connectivity index (χ2v) is 4.99. The van der Waals surface area contributed by atoms with Crippen LogP contribution in [0.2, 0.25) is 0 Å². The van der Waals surface area contributed by atoms with Crippen molar-refractivity contribution in [3.05, 3.63) is 17.5 Å². The van der Waals surface area contributed by atoms with Crippen molar-refractivity contribution in [2.45, 2.75) is 38.6 Å². The van der Waals surface area contributed by atoms with E-state index in [2.05, 4.69) is 5.10 Å². The van der Waals surface area contributed by atoms with Gasteiger partial charge in [0, 0.05) is 31.9 Å². The molecule has 18 heavy (non-hydrogen) atoms. The zero-order valence-corrected chi connectivity index (χ0v) is 11.2. The summed E-state index contributed by atoms with van der Waals surface area (Å²) in [6.45, 7) is 3.08. The van der Waals surface area contributed by atoms with Gasteiger partial charge in [-0.3, -0.25) is 9.48 Å². The van der Waals surface area contributed by atoms with Crippen LogP contribution in [-0.2, 0) is 7.05 Å². The molecule has 2 N–H and O–H groups in total. The van der Waals surface area contributed by atoms with E-state index in [1.165, 1.54) is 12.8 Å². The third kappa shape index (κ3) is 2.41. The highest BCUT2D eigenvalue weighted by molar-refractivity contribution is 5.95. The first-order valence-corrected chi connectivity index (χ1v) is 6.64. The van der Waals surface area contributed by atoms with Gasteiger partial charge in [0.25, 0.3) is 5.91 Å². The van der Waals surface area contributed by atoms with E-state index in [1.807, 2.05) is 18.9 Å². The molecule has 1 aliphatic carbocycles. The molecule has 0 saturated heterocycles. The van der Waals surface area contributed by atoms with E-state index in [1.54, 1.807) is 10.9 Å². The zero-order chi connectivity index (χ0) is 13.1. The molecule has 0 aliphatic heterocycles. The molecule has 0 radical (unpaired) electrons. The SMILES string of the molecule is Cc1c(C(=O)N(CCN)C2CCCC2)cnn1C. The average molecular weight is 250 g/mol. The molecule has 5 nitrogen and oxygen atoms in total. The predicted molar refractivity (Wildman–Crippen MR) is 70.3 cm³/mol. The van der Waals surface area contributed by atoms with E-state index in [4.69, 9.17) is 5.73 Å². The molecule has 0 spiro atoms. The Morgan fingerprint density at radius 3 is 2.72 bits per heavy atom. The minimum atomic E-state index is 0.0814. The Morgan fingerprint density at radius 2 is 2.22 bits per heavy atom. The van der Waals surface area contributed by atoms with Gasteiger partial charge in [-0.1, -0.05) is 12.8 Å². The lowest BCUT2D eigenvalue weighted by molar-refractivity contribution is 0.0687. The molecule has 0 bridgehead atoms. The van der Waals surface area contributed by atoms with Crippen LogP contribution in [0.1, 0.15) is 41.7 Å². The molecule has 1 aromatic heterocycles. The van der Waals surface area contributed by atoms with Gasteiger partial charge in [0.1, 0.15) is 0 Å². The van der Waals surface area contributed by atoms with Gasteiger partial charge >= 0.3 is 0 Å². The van der Waals surface area contributed by atoms with Crippen molar-refractivity contribution in [3.8, 4) is 0 Å². The van der Waals surface area contributed by atoms with Gasteiger partial charge in [-0.15, -0.1) is 0 Å². The first-order chi connectivity index (χ1) is 8.65. The topological polar surface area (TPSA) is 64.2 Å². The Labute approximate surface area is 108 Å². The Kier molecular flexibility index (Phi) is 4.01. The molecule has 1 heterocycles. The summed E-state index contributed by atoms with van der Waals surface area (Å²) >= 11 is 0. The Bertz CT molecular complexity index is 421. The van der Waals surface area contributed by atoms with Crippen LogP contribution in [0.4, 0.5) is 0 Å². The number of nitrogens with two attached hydrogens (primary N) is 1. The molecular weight excluding hydrogens is 228 g/mol. The summed E-state index contributed by atoms with van der Waals surface area (Å²) in [5.74, 6) is 0.0814. The molecular formula is C13H22N4O. The molecule has 1 fully saturated rings. The van der Waals surface area contributed by atoms with Crippen LogP contribution in [0.15, 0.2) is 6.20 Å². The smallest absolute Gasteiger partial charge is 0.257 e. The second-order valence-electron chi connectivity index (χ2n) is 4.99. The summed E-state index contributed by atoms with van der Waals surface area (Å²) in [4.78, 5) is 14.5. The summed E-state index contributed by atoms with van der Waals surface area (Å²) in [6.07, 6.45) is 6.29. The average Bonchev–Trinajstić information content (AvgIpc) is 2.98. The molecule has 0 aromatic carbocycles. The maximum Gasteiger partial charge on any atom is 0.257 e. The fourth-order valence-electron chi connectivity index (χ4n) is 2.67.